The molecule has 6 nitrogen and oxygen atoms in total. The molecule has 7 heteroatoms. The van der Waals surface area contributed by atoms with Crippen LogP contribution in [0.15, 0.2) is 4.90 Å². The molecule has 1 fully saturated rings. The van der Waals surface area contributed by atoms with E-state index in [1.54, 1.807) is 11.2 Å². The predicted octanol–water partition coefficient (Wildman–Crippen LogP) is 1.38. The van der Waals surface area contributed by atoms with Gasteiger partial charge < -0.3 is 5.73 Å². The third-order valence-electron chi connectivity index (χ3n) is 4.54. The summed E-state index contributed by atoms with van der Waals surface area (Å²) in [5, 5.41) is 6.71. The Bertz CT molecular complexity index is 571. The van der Waals surface area contributed by atoms with Crippen LogP contribution in [0.1, 0.15) is 44.5 Å². The number of H-pyrrole nitrogens is 1. The van der Waals surface area contributed by atoms with E-state index in [2.05, 4.69) is 24.0 Å². The van der Waals surface area contributed by atoms with Crippen LogP contribution in [0.2, 0.25) is 0 Å². The van der Waals surface area contributed by atoms with Gasteiger partial charge >= 0.3 is 0 Å². The highest BCUT2D eigenvalue weighted by Crippen LogP contribution is 2.36. The molecule has 20 heavy (non-hydrogen) atoms. The van der Waals surface area contributed by atoms with Gasteiger partial charge in [0.1, 0.15) is 4.90 Å². The number of piperidine rings is 1. The molecular weight excluding hydrogens is 276 g/mol. The van der Waals surface area contributed by atoms with Crippen LogP contribution in [0.5, 0.6) is 0 Å². The lowest BCUT2D eigenvalue weighted by Gasteiger charge is -2.38. The zero-order valence-corrected chi connectivity index (χ0v) is 13.3. The second-order valence-corrected chi connectivity index (χ2v) is 7.77. The number of hydrogen-bond donors (Lipinski definition) is 2. The summed E-state index contributed by atoms with van der Waals surface area (Å²) in [4.78, 5) is 0.264. The number of hydrogen-bond acceptors (Lipinski definition) is 4. The van der Waals surface area contributed by atoms with Crippen molar-refractivity contribution < 1.29 is 8.42 Å². The second kappa shape index (κ2) is 5.46. The lowest BCUT2D eigenvalue weighted by Crippen LogP contribution is -2.42. The predicted molar refractivity (Wildman–Crippen MR) is 77.6 cm³/mol. The van der Waals surface area contributed by atoms with Gasteiger partial charge in [-0.05, 0) is 25.2 Å². The number of nitrogens with zero attached hydrogens (tertiary/aromatic N) is 2. The molecule has 1 aromatic heterocycles. The van der Waals surface area contributed by atoms with Crippen molar-refractivity contribution in [1.29, 1.82) is 0 Å². The summed E-state index contributed by atoms with van der Waals surface area (Å²) in [6, 6.07) is 0. The molecule has 0 aliphatic carbocycles. The molecule has 3 N–H and O–H groups in total. The second-order valence-electron chi connectivity index (χ2n) is 5.90. The molecule has 2 rings (SSSR count). The molecule has 0 atom stereocenters. The Morgan fingerprint density at radius 3 is 2.50 bits per heavy atom. The molecule has 0 unspecified atom stereocenters. The average Bonchev–Trinajstić information content (AvgIpc) is 2.81. The summed E-state index contributed by atoms with van der Waals surface area (Å²) in [5.74, 6) is 0. The van der Waals surface area contributed by atoms with Crippen molar-refractivity contribution in [2.75, 3.05) is 13.1 Å². The minimum atomic E-state index is -3.49. The number of nitrogens with one attached hydrogen (secondary N) is 1. The van der Waals surface area contributed by atoms with E-state index in [9.17, 15) is 8.42 Å². The van der Waals surface area contributed by atoms with Gasteiger partial charge in [-0.2, -0.15) is 9.40 Å². The molecule has 1 saturated heterocycles. The van der Waals surface area contributed by atoms with Crippen LogP contribution in [-0.4, -0.2) is 36.0 Å². The van der Waals surface area contributed by atoms with Gasteiger partial charge in [0.2, 0.25) is 10.0 Å². The lowest BCUT2D eigenvalue weighted by atomic mass is 9.79. The van der Waals surface area contributed by atoms with Crippen LogP contribution in [0.3, 0.4) is 0 Å². The summed E-state index contributed by atoms with van der Waals surface area (Å²) in [5.41, 5.74) is 6.83. The third-order valence-corrected chi connectivity index (χ3v) is 6.64. The summed E-state index contributed by atoms with van der Waals surface area (Å²) >= 11 is 0. The van der Waals surface area contributed by atoms with Crippen LogP contribution < -0.4 is 5.73 Å². The Kier molecular flexibility index (Phi) is 4.22. The highest BCUT2D eigenvalue weighted by atomic mass is 32.2. The van der Waals surface area contributed by atoms with Gasteiger partial charge in [0.05, 0.1) is 11.4 Å². The highest BCUT2D eigenvalue weighted by molar-refractivity contribution is 7.89. The molecule has 0 amide bonds. The first-order chi connectivity index (χ1) is 9.34. The van der Waals surface area contributed by atoms with E-state index >= 15 is 0 Å². The van der Waals surface area contributed by atoms with Crippen molar-refractivity contribution in [3.63, 3.8) is 0 Å². The van der Waals surface area contributed by atoms with Gasteiger partial charge in [0.25, 0.3) is 0 Å². The highest BCUT2D eigenvalue weighted by Gasteiger charge is 2.36. The van der Waals surface area contributed by atoms with Crippen molar-refractivity contribution >= 4 is 10.0 Å². The first kappa shape index (κ1) is 15.5. The van der Waals surface area contributed by atoms with E-state index in [1.807, 2.05) is 0 Å². The van der Waals surface area contributed by atoms with Crippen LogP contribution in [-0.2, 0) is 16.6 Å². The van der Waals surface area contributed by atoms with Crippen LogP contribution in [0.4, 0.5) is 0 Å². The van der Waals surface area contributed by atoms with Gasteiger partial charge in [0.15, 0.2) is 0 Å². The van der Waals surface area contributed by atoms with E-state index in [1.165, 1.54) is 0 Å². The van der Waals surface area contributed by atoms with Crippen LogP contribution in [0, 0.1) is 12.3 Å². The summed E-state index contributed by atoms with van der Waals surface area (Å²) in [6.45, 7) is 7.38. The Hall–Kier alpha value is -0.920. The molecule has 1 aliphatic heterocycles. The SMILES string of the molecule is CCC1(C)CCN(S(=O)(=O)c2c(CN)n[nH]c2C)CC1. The van der Waals surface area contributed by atoms with Gasteiger partial charge in [0, 0.05) is 19.6 Å². The molecule has 2 heterocycles. The maximum atomic E-state index is 12.8. The first-order valence-electron chi connectivity index (χ1n) is 7.08. The van der Waals surface area contributed by atoms with Crippen molar-refractivity contribution in [3.05, 3.63) is 11.4 Å². The molecule has 114 valence electrons. The van der Waals surface area contributed by atoms with Crippen LogP contribution in [0.25, 0.3) is 0 Å². The smallest absolute Gasteiger partial charge is 0.246 e. The zero-order chi connectivity index (χ0) is 15.0. The third kappa shape index (κ3) is 2.62. The van der Waals surface area contributed by atoms with E-state index in [0.29, 0.717) is 24.5 Å². The largest absolute Gasteiger partial charge is 0.325 e. The van der Waals surface area contributed by atoms with Crippen molar-refractivity contribution in [3.8, 4) is 0 Å². The van der Waals surface area contributed by atoms with E-state index in [-0.39, 0.29) is 16.9 Å². The van der Waals surface area contributed by atoms with E-state index in [4.69, 9.17) is 5.73 Å². The topological polar surface area (TPSA) is 92.1 Å². The number of rotatable bonds is 4. The number of nitrogens with two attached hydrogens (primary N) is 1. The zero-order valence-electron chi connectivity index (χ0n) is 12.4. The minimum Gasteiger partial charge on any atom is -0.325 e. The molecule has 1 aromatic rings. The standard InChI is InChI=1S/C13H24N4O2S/c1-4-13(3)5-7-17(8-6-13)20(18,19)12-10(2)15-16-11(12)9-14/h4-9,14H2,1-3H3,(H,15,16). The molecule has 0 spiro atoms. The van der Waals surface area contributed by atoms with Crippen LogP contribution >= 0.6 is 0 Å². The summed E-state index contributed by atoms with van der Waals surface area (Å²) in [6.07, 6.45) is 2.88. The monoisotopic (exact) mass is 300 g/mol. The Morgan fingerprint density at radius 2 is 2.00 bits per heavy atom. The Labute approximate surface area is 120 Å². The number of aryl methyl sites for hydroxylation is 1. The molecule has 0 aromatic carbocycles. The van der Waals surface area contributed by atoms with E-state index in [0.717, 1.165) is 19.3 Å². The molecular formula is C13H24N4O2S. The summed E-state index contributed by atoms with van der Waals surface area (Å²) < 4.78 is 27.1. The van der Waals surface area contributed by atoms with Crippen molar-refractivity contribution in [1.82, 2.24) is 14.5 Å². The molecule has 0 bridgehead atoms. The maximum Gasteiger partial charge on any atom is 0.246 e. The molecule has 0 saturated carbocycles. The maximum absolute atomic E-state index is 12.8. The Morgan fingerprint density at radius 1 is 1.40 bits per heavy atom. The normalized spacial score (nSPS) is 20.2. The lowest BCUT2D eigenvalue weighted by molar-refractivity contribution is 0.169. The fourth-order valence-electron chi connectivity index (χ4n) is 2.70. The van der Waals surface area contributed by atoms with Gasteiger partial charge in [-0.15, -0.1) is 0 Å². The fourth-order valence-corrected chi connectivity index (χ4v) is 4.48. The average molecular weight is 300 g/mol. The van der Waals surface area contributed by atoms with E-state index < -0.39 is 10.0 Å². The first-order valence-corrected chi connectivity index (χ1v) is 8.52. The van der Waals surface area contributed by atoms with Gasteiger partial charge in [-0.3, -0.25) is 5.10 Å². The summed E-state index contributed by atoms with van der Waals surface area (Å²) in [7, 11) is -3.49. The van der Waals surface area contributed by atoms with Crippen molar-refractivity contribution in [2.24, 2.45) is 11.1 Å². The number of sulfonamides is 1. The van der Waals surface area contributed by atoms with Crippen molar-refractivity contribution in [2.45, 2.75) is 51.5 Å². The Balaban J connectivity index is 2.26. The van der Waals surface area contributed by atoms with Gasteiger partial charge in [-0.25, -0.2) is 8.42 Å². The molecule has 1 aliphatic rings. The number of aromatic amines is 1. The quantitative estimate of drug-likeness (QED) is 0.878. The fraction of sp³-hybridized carbons (Fsp3) is 0.769. The molecule has 0 radical (unpaired) electrons. The number of aromatic nitrogens is 2. The minimum absolute atomic E-state index is 0.124. The van der Waals surface area contributed by atoms with Gasteiger partial charge in [-0.1, -0.05) is 20.3 Å².